The Kier molecular flexibility index (Phi) is 3.32. The third-order valence-electron chi connectivity index (χ3n) is 2.62. The molecule has 0 radical (unpaired) electrons. The van der Waals surface area contributed by atoms with Crippen LogP contribution < -0.4 is 4.90 Å². The van der Waals surface area contributed by atoms with Crippen molar-refractivity contribution in [3.8, 4) is 0 Å². The average molecular weight is 231 g/mol. The molecule has 1 aromatic carbocycles. The summed E-state index contributed by atoms with van der Waals surface area (Å²) in [5, 5.41) is 0. The standard InChI is InChI=1S/C13H14FN3/c1-3-17(11-7-5-4-6-10(11)2)13-8-12(14)15-9-16-13/h4-9H,3H2,1-2H3. The van der Waals surface area contributed by atoms with E-state index in [0.29, 0.717) is 5.82 Å². The zero-order chi connectivity index (χ0) is 12.3. The smallest absolute Gasteiger partial charge is 0.218 e. The minimum Gasteiger partial charge on any atom is -0.326 e. The number of aromatic nitrogens is 2. The first kappa shape index (κ1) is 11.5. The maximum absolute atomic E-state index is 13.1. The molecule has 1 heterocycles. The van der Waals surface area contributed by atoms with Crippen molar-refractivity contribution in [2.75, 3.05) is 11.4 Å². The van der Waals surface area contributed by atoms with Crippen molar-refractivity contribution < 1.29 is 4.39 Å². The van der Waals surface area contributed by atoms with E-state index in [1.807, 2.05) is 43.0 Å². The number of hydrogen-bond donors (Lipinski definition) is 0. The highest BCUT2D eigenvalue weighted by Gasteiger charge is 2.11. The number of anilines is 2. The van der Waals surface area contributed by atoms with Gasteiger partial charge in [-0.25, -0.2) is 9.97 Å². The van der Waals surface area contributed by atoms with Gasteiger partial charge in [-0.1, -0.05) is 18.2 Å². The summed E-state index contributed by atoms with van der Waals surface area (Å²) in [6.45, 7) is 4.75. The van der Waals surface area contributed by atoms with Gasteiger partial charge in [-0.2, -0.15) is 4.39 Å². The third kappa shape index (κ3) is 2.41. The highest BCUT2D eigenvalue weighted by molar-refractivity contribution is 5.63. The molecule has 0 saturated carbocycles. The van der Waals surface area contributed by atoms with Crippen LogP contribution in [0.15, 0.2) is 36.7 Å². The molecule has 0 unspecified atom stereocenters. The van der Waals surface area contributed by atoms with E-state index in [9.17, 15) is 4.39 Å². The fourth-order valence-electron chi connectivity index (χ4n) is 1.79. The predicted molar refractivity (Wildman–Crippen MR) is 65.8 cm³/mol. The lowest BCUT2D eigenvalue weighted by Crippen LogP contribution is -2.18. The predicted octanol–water partition coefficient (Wildman–Crippen LogP) is 3.08. The minimum absolute atomic E-state index is 0.512. The van der Waals surface area contributed by atoms with E-state index in [1.54, 1.807) is 0 Å². The van der Waals surface area contributed by atoms with Crippen molar-refractivity contribution in [1.82, 2.24) is 9.97 Å². The average Bonchev–Trinajstić information content (AvgIpc) is 2.33. The van der Waals surface area contributed by atoms with Crippen LogP contribution in [0.2, 0.25) is 0 Å². The van der Waals surface area contributed by atoms with E-state index in [4.69, 9.17) is 0 Å². The quantitative estimate of drug-likeness (QED) is 0.760. The van der Waals surface area contributed by atoms with Gasteiger partial charge in [0.15, 0.2) is 0 Å². The second kappa shape index (κ2) is 4.91. The molecule has 0 aliphatic carbocycles. The lowest BCUT2D eigenvalue weighted by molar-refractivity contribution is 0.579. The molecule has 0 fully saturated rings. The summed E-state index contributed by atoms with van der Waals surface area (Å²) in [4.78, 5) is 9.53. The first-order chi connectivity index (χ1) is 8.22. The Morgan fingerprint density at radius 2 is 2.00 bits per heavy atom. The summed E-state index contributed by atoms with van der Waals surface area (Å²) < 4.78 is 13.1. The molecule has 17 heavy (non-hydrogen) atoms. The van der Waals surface area contributed by atoms with Crippen LogP contribution >= 0.6 is 0 Å². The highest BCUT2D eigenvalue weighted by Crippen LogP contribution is 2.26. The highest BCUT2D eigenvalue weighted by atomic mass is 19.1. The summed E-state index contributed by atoms with van der Waals surface area (Å²) >= 11 is 0. The molecule has 0 atom stereocenters. The monoisotopic (exact) mass is 231 g/mol. The van der Waals surface area contributed by atoms with Crippen LogP contribution in [0.4, 0.5) is 15.9 Å². The number of hydrogen-bond acceptors (Lipinski definition) is 3. The summed E-state index contributed by atoms with van der Waals surface area (Å²) in [5.41, 5.74) is 2.17. The van der Waals surface area contributed by atoms with Crippen LogP contribution in [-0.2, 0) is 0 Å². The zero-order valence-electron chi connectivity index (χ0n) is 9.89. The van der Waals surface area contributed by atoms with Crippen LogP contribution in [0.5, 0.6) is 0 Å². The van der Waals surface area contributed by atoms with Crippen LogP contribution in [0, 0.1) is 12.9 Å². The van der Waals surface area contributed by atoms with Gasteiger partial charge in [-0.15, -0.1) is 0 Å². The van der Waals surface area contributed by atoms with Crippen molar-refractivity contribution in [1.29, 1.82) is 0 Å². The molecule has 2 aromatic rings. The summed E-state index contributed by atoms with van der Waals surface area (Å²) in [6, 6.07) is 9.31. The van der Waals surface area contributed by atoms with Gasteiger partial charge in [0.25, 0.3) is 0 Å². The van der Waals surface area contributed by atoms with Gasteiger partial charge in [-0.05, 0) is 25.5 Å². The second-order valence-corrected chi connectivity index (χ2v) is 3.73. The lowest BCUT2D eigenvalue weighted by Gasteiger charge is -2.23. The number of halogens is 1. The maximum Gasteiger partial charge on any atom is 0.218 e. The Balaban J connectivity index is 2.44. The van der Waals surface area contributed by atoms with E-state index < -0.39 is 5.95 Å². The van der Waals surface area contributed by atoms with E-state index in [2.05, 4.69) is 9.97 Å². The molecule has 2 rings (SSSR count). The molecule has 4 heteroatoms. The molecular formula is C13H14FN3. The molecule has 0 amide bonds. The molecule has 0 N–H and O–H groups in total. The topological polar surface area (TPSA) is 29.0 Å². The molecule has 0 bridgehead atoms. The number of benzene rings is 1. The van der Waals surface area contributed by atoms with E-state index in [-0.39, 0.29) is 0 Å². The van der Waals surface area contributed by atoms with Crippen LogP contribution in [0.1, 0.15) is 12.5 Å². The molecule has 3 nitrogen and oxygen atoms in total. The van der Waals surface area contributed by atoms with Gasteiger partial charge >= 0.3 is 0 Å². The lowest BCUT2D eigenvalue weighted by atomic mass is 10.2. The van der Waals surface area contributed by atoms with Gasteiger partial charge in [0.2, 0.25) is 5.95 Å². The molecule has 1 aromatic heterocycles. The summed E-state index contributed by atoms with van der Waals surface area (Å²) in [5.74, 6) is 0.0661. The van der Waals surface area contributed by atoms with Crippen LogP contribution in [0.3, 0.4) is 0 Å². The molecule has 0 saturated heterocycles. The van der Waals surface area contributed by atoms with Crippen LogP contribution in [-0.4, -0.2) is 16.5 Å². The van der Waals surface area contributed by atoms with Gasteiger partial charge in [-0.3, -0.25) is 0 Å². The Morgan fingerprint density at radius 3 is 2.65 bits per heavy atom. The number of para-hydroxylation sites is 1. The largest absolute Gasteiger partial charge is 0.326 e. The van der Waals surface area contributed by atoms with E-state index >= 15 is 0 Å². The molecule has 88 valence electrons. The Labute approximate surface area is 99.9 Å². The van der Waals surface area contributed by atoms with Gasteiger partial charge < -0.3 is 4.90 Å². The fraction of sp³-hybridized carbons (Fsp3) is 0.231. The van der Waals surface area contributed by atoms with Crippen molar-refractivity contribution in [2.45, 2.75) is 13.8 Å². The normalized spacial score (nSPS) is 10.3. The van der Waals surface area contributed by atoms with Crippen LogP contribution in [0.25, 0.3) is 0 Å². The first-order valence-corrected chi connectivity index (χ1v) is 5.53. The van der Waals surface area contributed by atoms with E-state index in [0.717, 1.165) is 17.8 Å². The third-order valence-corrected chi connectivity index (χ3v) is 2.62. The zero-order valence-corrected chi connectivity index (χ0v) is 9.89. The van der Waals surface area contributed by atoms with Gasteiger partial charge in [0.05, 0.1) is 0 Å². The minimum atomic E-state index is -0.512. The first-order valence-electron chi connectivity index (χ1n) is 5.53. The van der Waals surface area contributed by atoms with Crippen molar-refractivity contribution in [3.05, 3.63) is 48.2 Å². The second-order valence-electron chi connectivity index (χ2n) is 3.73. The van der Waals surface area contributed by atoms with Gasteiger partial charge in [0.1, 0.15) is 12.1 Å². The molecule has 0 aliphatic rings. The number of nitrogens with zero attached hydrogens (tertiary/aromatic N) is 3. The van der Waals surface area contributed by atoms with Crippen molar-refractivity contribution in [3.63, 3.8) is 0 Å². The van der Waals surface area contributed by atoms with E-state index in [1.165, 1.54) is 12.4 Å². The Morgan fingerprint density at radius 1 is 1.24 bits per heavy atom. The Bertz CT molecular complexity index is 514. The summed E-state index contributed by atoms with van der Waals surface area (Å²) in [7, 11) is 0. The molecule has 0 spiro atoms. The maximum atomic E-state index is 13.1. The van der Waals surface area contributed by atoms with Crippen molar-refractivity contribution >= 4 is 11.5 Å². The van der Waals surface area contributed by atoms with Crippen molar-refractivity contribution in [2.24, 2.45) is 0 Å². The number of aryl methyl sites for hydroxylation is 1. The SMILES string of the molecule is CCN(c1cc(F)ncn1)c1ccccc1C. The fourth-order valence-corrected chi connectivity index (χ4v) is 1.79. The number of rotatable bonds is 3. The molecular weight excluding hydrogens is 217 g/mol. The molecule has 0 aliphatic heterocycles. The van der Waals surface area contributed by atoms with Gasteiger partial charge in [0, 0.05) is 18.3 Å². The Hall–Kier alpha value is -1.97. The summed E-state index contributed by atoms with van der Waals surface area (Å²) in [6.07, 6.45) is 1.24.